The fourth-order valence-corrected chi connectivity index (χ4v) is 4.45. The maximum atomic E-state index is 15.0. The third-order valence-electron chi connectivity index (χ3n) is 6.65. The van der Waals surface area contributed by atoms with E-state index in [2.05, 4.69) is 6.92 Å². The van der Waals surface area contributed by atoms with Gasteiger partial charge in [0, 0.05) is 16.7 Å². The van der Waals surface area contributed by atoms with Crippen LogP contribution in [0.4, 0.5) is 17.6 Å². The molecule has 1 aliphatic rings. The number of allylic oxidation sites excluding steroid dienone is 2. The van der Waals surface area contributed by atoms with E-state index >= 15 is 0 Å². The van der Waals surface area contributed by atoms with Crippen LogP contribution in [0.5, 0.6) is 0 Å². The zero-order valence-corrected chi connectivity index (χ0v) is 19.4. The molecule has 178 valence electrons. The first kappa shape index (κ1) is 24.2. The smallest absolute Gasteiger partial charge is 0.167 e. The molecule has 2 atom stereocenters. The Balaban J connectivity index is 1.58. The molecule has 0 aromatic heterocycles. The Hall–Kier alpha value is -2.92. The van der Waals surface area contributed by atoms with Gasteiger partial charge in [-0.1, -0.05) is 74.0 Å². The summed E-state index contributed by atoms with van der Waals surface area (Å²) in [5.74, 6) is -3.17. The van der Waals surface area contributed by atoms with Gasteiger partial charge in [-0.3, -0.25) is 0 Å². The van der Waals surface area contributed by atoms with Crippen LogP contribution in [0.1, 0.15) is 50.3 Å². The van der Waals surface area contributed by atoms with Crippen LogP contribution < -0.4 is 0 Å². The molecular weight excluding hydrogens is 440 g/mol. The SMILES string of the molecule is CC=CCc1ccc(-c2ccc(-c3ccc(C4CCC(CC)CO4)c(F)c3F)cc2)c(F)c1F. The highest BCUT2D eigenvalue weighted by atomic mass is 19.2. The fourth-order valence-electron chi connectivity index (χ4n) is 4.45. The van der Waals surface area contributed by atoms with Crippen LogP contribution in [0.15, 0.2) is 60.7 Å². The van der Waals surface area contributed by atoms with Crippen molar-refractivity contribution in [1.82, 2.24) is 0 Å². The monoisotopic (exact) mass is 468 g/mol. The standard InChI is InChI=1S/C29H28F4O/c1-3-5-6-21-12-13-22(27(31)26(21)30)19-8-10-20(11-9-19)23-14-15-24(29(33)28(23)32)25-16-7-18(4-2)17-34-25/h3,5,8-15,18,25H,4,6-7,16-17H2,1-2H3. The van der Waals surface area contributed by atoms with Crippen molar-refractivity contribution >= 4 is 0 Å². The van der Waals surface area contributed by atoms with Gasteiger partial charge in [0.25, 0.3) is 0 Å². The van der Waals surface area contributed by atoms with E-state index in [4.69, 9.17) is 4.74 Å². The summed E-state index contributed by atoms with van der Waals surface area (Å²) in [4.78, 5) is 0. The summed E-state index contributed by atoms with van der Waals surface area (Å²) in [6.07, 6.45) is 6.01. The van der Waals surface area contributed by atoms with E-state index < -0.39 is 29.4 Å². The van der Waals surface area contributed by atoms with Gasteiger partial charge in [0.1, 0.15) is 0 Å². The lowest BCUT2D eigenvalue weighted by molar-refractivity contribution is -0.0200. The first-order valence-corrected chi connectivity index (χ1v) is 11.7. The quantitative estimate of drug-likeness (QED) is 0.260. The first-order valence-electron chi connectivity index (χ1n) is 11.7. The zero-order chi connectivity index (χ0) is 24.2. The second-order valence-corrected chi connectivity index (χ2v) is 8.75. The van der Waals surface area contributed by atoms with E-state index in [1.54, 1.807) is 54.6 Å². The molecule has 0 amide bonds. The van der Waals surface area contributed by atoms with Crippen molar-refractivity contribution in [1.29, 1.82) is 0 Å². The molecule has 5 heteroatoms. The molecule has 0 saturated carbocycles. The molecular formula is C29H28F4O. The molecule has 2 unspecified atom stereocenters. The van der Waals surface area contributed by atoms with Crippen molar-refractivity contribution < 1.29 is 22.3 Å². The molecule has 1 heterocycles. The van der Waals surface area contributed by atoms with Crippen molar-refractivity contribution in [2.75, 3.05) is 6.61 Å². The van der Waals surface area contributed by atoms with Gasteiger partial charge >= 0.3 is 0 Å². The predicted molar refractivity (Wildman–Crippen MR) is 127 cm³/mol. The van der Waals surface area contributed by atoms with Crippen LogP contribution in [-0.2, 0) is 11.2 Å². The van der Waals surface area contributed by atoms with E-state index in [1.165, 1.54) is 6.07 Å². The zero-order valence-electron chi connectivity index (χ0n) is 19.4. The van der Waals surface area contributed by atoms with Gasteiger partial charge in [-0.25, -0.2) is 17.6 Å². The van der Waals surface area contributed by atoms with Gasteiger partial charge in [0.2, 0.25) is 0 Å². The van der Waals surface area contributed by atoms with Gasteiger partial charge in [-0.2, -0.15) is 0 Å². The largest absolute Gasteiger partial charge is 0.373 e. The van der Waals surface area contributed by atoms with Crippen LogP contribution in [-0.4, -0.2) is 6.61 Å². The minimum Gasteiger partial charge on any atom is -0.373 e. The van der Waals surface area contributed by atoms with E-state index in [0.717, 1.165) is 12.8 Å². The molecule has 0 radical (unpaired) electrons. The Kier molecular flexibility index (Phi) is 7.52. The van der Waals surface area contributed by atoms with Crippen molar-refractivity contribution in [3.8, 4) is 22.3 Å². The summed E-state index contributed by atoms with van der Waals surface area (Å²) in [5, 5.41) is 0. The topological polar surface area (TPSA) is 9.23 Å². The molecule has 0 aliphatic carbocycles. The van der Waals surface area contributed by atoms with Crippen LogP contribution in [0.3, 0.4) is 0 Å². The molecule has 34 heavy (non-hydrogen) atoms. The maximum absolute atomic E-state index is 15.0. The van der Waals surface area contributed by atoms with Gasteiger partial charge in [0.15, 0.2) is 23.3 Å². The minimum atomic E-state index is -0.933. The van der Waals surface area contributed by atoms with Crippen LogP contribution >= 0.6 is 0 Å². The summed E-state index contributed by atoms with van der Waals surface area (Å²) < 4.78 is 64.8. The Labute approximate surface area is 198 Å². The van der Waals surface area contributed by atoms with Crippen molar-refractivity contribution in [3.05, 3.63) is 95.1 Å². The van der Waals surface area contributed by atoms with Crippen LogP contribution in [0.25, 0.3) is 22.3 Å². The third kappa shape index (κ3) is 4.80. The molecule has 1 aliphatic heterocycles. The Morgan fingerprint density at radius 3 is 1.97 bits per heavy atom. The lowest BCUT2D eigenvalue weighted by Crippen LogP contribution is -2.21. The summed E-state index contributed by atoms with van der Waals surface area (Å²) >= 11 is 0. The number of halogens is 4. The molecule has 0 N–H and O–H groups in total. The average Bonchev–Trinajstić information content (AvgIpc) is 2.87. The molecule has 3 aromatic carbocycles. The number of hydrogen-bond donors (Lipinski definition) is 0. The fraction of sp³-hybridized carbons (Fsp3) is 0.310. The van der Waals surface area contributed by atoms with E-state index in [1.807, 2.05) is 6.92 Å². The van der Waals surface area contributed by atoms with E-state index in [0.29, 0.717) is 36.5 Å². The summed E-state index contributed by atoms with van der Waals surface area (Å²) in [6.45, 7) is 4.47. The average molecular weight is 469 g/mol. The molecule has 1 saturated heterocycles. The predicted octanol–water partition coefficient (Wildman–Crippen LogP) is 8.57. The van der Waals surface area contributed by atoms with Gasteiger partial charge < -0.3 is 4.74 Å². The van der Waals surface area contributed by atoms with E-state index in [-0.39, 0.29) is 22.3 Å². The number of ether oxygens (including phenoxy) is 1. The third-order valence-corrected chi connectivity index (χ3v) is 6.65. The van der Waals surface area contributed by atoms with Crippen LogP contribution in [0, 0.1) is 29.2 Å². The van der Waals surface area contributed by atoms with Gasteiger partial charge in [0.05, 0.1) is 12.7 Å². The summed E-state index contributed by atoms with van der Waals surface area (Å²) in [5.41, 5.74) is 1.66. The molecule has 0 bridgehead atoms. The highest BCUT2D eigenvalue weighted by Crippen LogP contribution is 2.36. The maximum Gasteiger partial charge on any atom is 0.167 e. The highest BCUT2D eigenvalue weighted by Gasteiger charge is 2.26. The Morgan fingerprint density at radius 1 is 0.794 bits per heavy atom. The second kappa shape index (κ2) is 10.6. The number of rotatable bonds is 6. The summed E-state index contributed by atoms with van der Waals surface area (Å²) in [7, 11) is 0. The van der Waals surface area contributed by atoms with Gasteiger partial charge in [-0.15, -0.1) is 0 Å². The van der Waals surface area contributed by atoms with Crippen LogP contribution in [0.2, 0.25) is 0 Å². The molecule has 0 spiro atoms. The lowest BCUT2D eigenvalue weighted by atomic mass is 9.91. The molecule has 3 aromatic rings. The second-order valence-electron chi connectivity index (χ2n) is 8.75. The highest BCUT2D eigenvalue weighted by molar-refractivity contribution is 5.71. The van der Waals surface area contributed by atoms with Crippen molar-refractivity contribution in [2.24, 2.45) is 5.92 Å². The lowest BCUT2D eigenvalue weighted by Gasteiger charge is -2.29. The van der Waals surface area contributed by atoms with E-state index in [9.17, 15) is 17.6 Å². The van der Waals surface area contributed by atoms with Crippen molar-refractivity contribution in [2.45, 2.75) is 45.6 Å². The minimum absolute atomic E-state index is 0.114. The molecule has 1 nitrogen and oxygen atoms in total. The number of benzene rings is 3. The number of hydrogen-bond acceptors (Lipinski definition) is 1. The normalized spacial score (nSPS) is 18.5. The molecule has 1 fully saturated rings. The first-order chi connectivity index (χ1) is 16.4. The van der Waals surface area contributed by atoms with Gasteiger partial charge in [-0.05, 0) is 48.8 Å². The Bertz CT molecular complexity index is 1180. The molecule has 4 rings (SSSR count). The van der Waals surface area contributed by atoms with Crippen molar-refractivity contribution in [3.63, 3.8) is 0 Å². The Morgan fingerprint density at radius 2 is 1.41 bits per heavy atom. The summed E-state index contributed by atoms with van der Waals surface area (Å²) in [6, 6.07) is 12.6.